The molecule has 3 heterocycles. The summed E-state index contributed by atoms with van der Waals surface area (Å²) in [6, 6.07) is 0. The van der Waals surface area contributed by atoms with Gasteiger partial charge in [-0.2, -0.15) is 5.10 Å². The molecule has 3 rings (SSSR count). The Balaban J connectivity index is 1.78. The monoisotopic (exact) mass is 278 g/mol. The Kier molecular flexibility index (Phi) is 3.31. The van der Waals surface area contributed by atoms with Crippen LogP contribution in [-0.4, -0.2) is 39.7 Å². The summed E-state index contributed by atoms with van der Waals surface area (Å²) in [6.45, 7) is 2.45. The van der Waals surface area contributed by atoms with Crippen LogP contribution in [0.5, 0.6) is 0 Å². The average Bonchev–Trinajstić information content (AvgIpc) is 3.06. The van der Waals surface area contributed by atoms with Crippen molar-refractivity contribution in [1.29, 1.82) is 0 Å². The standard InChI is InChI=1S/C12H14N4O2S/c1-18-12(17)11-8-6-16(4-2-9(8)14-15-11)7-10-13-3-5-19-10/h3,5H,2,4,6-7H2,1H3,(H,14,15). The number of methoxy groups -OCH3 is 1. The van der Waals surface area contributed by atoms with Crippen molar-refractivity contribution in [3.8, 4) is 0 Å². The van der Waals surface area contributed by atoms with Gasteiger partial charge < -0.3 is 4.74 Å². The second kappa shape index (κ2) is 5.10. The maximum Gasteiger partial charge on any atom is 0.358 e. The molecule has 0 spiro atoms. The van der Waals surface area contributed by atoms with Crippen LogP contribution in [0.25, 0.3) is 0 Å². The first-order chi connectivity index (χ1) is 9.28. The molecule has 0 aromatic carbocycles. The Morgan fingerprint density at radius 3 is 3.26 bits per heavy atom. The van der Waals surface area contributed by atoms with Gasteiger partial charge in [-0.15, -0.1) is 11.3 Å². The van der Waals surface area contributed by atoms with Crippen molar-refractivity contribution in [1.82, 2.24) is 20.1 Å². The molecule has 1 N–H and O–H groups in total. The summed E-state index contributed by atoms with van der Waals surface area (Å²) in [5.74, 6) is -0.381. The van der Waals surface area contributed by atoms with E-state index in [0.29, 0.717) is 12.2 Å². The predicted octanol–water partition coefficient (Wildman–Crippen LogP) is 1.21. The van der Waals surface area contributed by atoms with E-state index in [-0.39, 0.29) is 5.97 Å². The van der Waals surface area contributed by atoms with Crippen molar-refractivity contribution in [2.75, 3.05) is 13.7 Å². The van der Waals surface area contributed by atoms with Gasteiger partial charge in [-0.05, 0) is 0 Å². The summed E-state index contributed by atoms with van der Waals surface area (Å²) < 4.78 is 4.75. The molecule has 7 heteroatoms. The summed E-state index contributed by atoms with van der Waals surface area (Å²) in [7, 11) is 1.37. The van der Waals surface area contributed by atoms with E-state index in [0.717, 1.165) is 35.8 Å². The van der Waals surface area contributed by atoms with E-state index >= 15 is 0 Å². The molecule has 0 bridgehead atoms. The van der Waals surface area contributed by atoms with Crippen LogP contribution in [0.3, 0.4) is 0 Å². The zero-order valence-electron chi connectivity index (χ0n) is 10.5. The van der Waals surface area contributed by atoms with Gasteiger partial charge in [-0.25, -0.2) is 9.78 Å². The number of hydrogen-bond donors (Lipinski definition) is 1. The molecular weight excluding hydrogens is 264 g/mol. The number of esters is 1. The SMILES string of the molecule is COC(=O)c1n[nH]c2c1CN(Cc1nccs1)CC2. The molecule has 0 fully saturated rings. The number of hydrogen-bond acceptors (Lipinski definition) is 6. The lowest BCUT2D eigenvalue weighted by atomic mass is 10.1. The molecule has 100 valence electrons. The van der Waals surface area contributed by atoms with Gasteiger partial charge in [0, 0.05) is 42.3 Å². The van der Waals surface area contributed by atoms with Crippen molar-refractivity contribution < 1.29 is 9.53 Å². The van der Waals surface area contributed by atoms with Gasteiger partial charge in [0.1, 0.15) is 5.01 Å². The Morgan fingerprint density at radius 2 is 2.53 bits per heavy atom. The molecule has 0 radical (unpaired) electrons. The Hall–Kier alpha value is -1.73. The van der Waals surface area contributed by atoms with Crippen LogP contribution in [0.15, 0.2) is 11.6 Å². The van der Waals surface area contributed by atoms with Crippen LogP contribution in [0, 0.1) is 0 Å². The van der Waals surface area contributed by atoms with Crippen LogP contribution in [0.2, 0.25) is 0 Å². The third-order valence-electron chi connectivity index (χ3n) is 3.23. The Bertz CT molecular complexity index is 579. The van der Waals surface area contributed by atoms with Gasteiger partial charge in [-0.1, -0.05) is 0 Å². The zero-order valence-corrected chi connectivity index (χ0v) is 11.4. The third kappa shape index (κ3) is 2.39. The van der Waals surface area contributed by atoms with Crippen molar-refractivity contribution in [2.24, 2.45) is 0 Å². The molecule has 0 saturated carbocycles. The number of thiazole rings is 1. The number of nitrogens with one attached hydrogen (secondary N) is 1. The highest BCUT2D eigenvalue weighted by atomic mass is 32.1. The first kappa shape index (κ1) is 12.3. The van der Waals surface area contributed by atoms with Crippen LogP contribution in [0.1, 0.15) is 26.8 Å². The van der Waals surface area contributed by atoms with Gasteiger partial charge in [0.25, 0.3) is 0 Å². The molecule has 2 aromatic heterocycles. The highest BCUT2D eigenvalue weighted by molar-refractivity contribution is 7.09. The van der Waals surface area contributed by atoms with Gasteiger partial charge >= 0.3 is 5.97 Å². The predicted molar refractivity (Wildman–Crippen MR) is 69.9 cm³/mol. The normalized spacial score (nSPS) is 15.2. The minimum absolute atomic E-state index is 0.381. The zero-order chi connectivity index (χ0) is 13.2. The Labute approximate surface area is 114 Å². The van der Waals surface area contributed by atoms with E-state index < -0.39 is 0 Å². The van der Waals surface area contributed by atoms with Gasteiger partial charge in [0.15, 0.2) is 5.69 Å². The molecule has 0 unspecified atom stereocenters. The number of aromatic amines is 1. The maximum atomic E-state index is 11.6. The van der Waals surface area contributed by atoms with Crippen molar-refractivity contribution >= 4 is 17.3 Å². The average molecular weight is 278 g/mol. The Morgan fingerprint density at radius 1 is 1.63 bits per heavy atom. The third-order valence-corrected chi connectivity index (χ3v) is 4.00. The lowest BCUT2D eigenvalue weighted by molar-refractivity contribution is 0.0591. The number of aromatic nitrogens is 3. The molecule has 0 atom stereocenters. The number of rotatable bonds is 3. The van der Waals surface area contributed by atoms with Gasteiger partial charge in [0.05, 0.1) is 13.7 Å². The number of nitrogens with zero attached hydrogens (tertiary/aromatic N) is 3. The summed E-state index contributed by atoms with van der Waals surface area (Å²) in [6.07, 6.45) is 2.68. The van der Waals surface area contributed by atoms with E-state index in [2.05, 4.69) is 20.1 Å². The second-order valence-corrected chi connectivity index (χ2v) is 5.39. The molecule has 19 heavy (non-hydrogen) atoms. The van der Waals surface area contributed by atoms with Crippen LogP contribution in [0.4, 0.5) is 0 Å². The molecule has 0 saturated heterocycles. The first-order valence-electron chi connectivity index (χ1n) is 6.03. The summed E-state index contributed by atoms with van der Waals surface area (Å²) in [4.78, 5) is 18.2. The molecule has 0 amide bonds. The largest absolute Gasteiger partial charge is 0.464 e. The van der Waals surface area contributed by atoms with Crippen molar-refractivity contribution in [3.63, 3.8) is 0 Å². The lowest BCUT2D eigenvalue weighted by Gasteiger charge is -2.25. The summed E-state index contributed by atoms with van der Waals surface area (Å²) in [5, 5.41) is 10.1. The van der Waals surface area contributed by atoms with E-state index in [1.165, 1.54) is 7.11 Å². The summed E-state index contributed by atoms with van der Waals surface area (Å²) >= 11 is 1.65. The molecular formula is C12H14N4O2S. The van der Waals surface area contributed by atoms with Gasteiger partial charge in [0.2, 0.25) is 0 Å². The molecule has 2 aromatic rings. The maximum absolute atomic E-state index is 11.6. The van der Waals surface area contributed by atoms with Crippen LogP contribution in [-0.2, 0) is 24.2 Å². The fourth-order valence-corrected chi connectivity index (χ4v) is 2.93. The van der Waals surface area contributed by atoms with Gasteiger partial charge in [-0.3, -0.25) is 10.00 Å². The summed E-state index contributed by atoms with van der Waals surface area (Å²) in [5.41, 5.74) is 2.40. The van der Waals surface area contributed by atoms with E-state index in [1.54, 1.807) is 11.3 Å². The number of carbonyl (C=O) groups excluding carboxylic acids is 1. The lowest BCUT2D eigenvalue weighted by Crippen LogP contribution is -2.30. The minimum Gasteiger partial charge on any atom is -0.464 e. The molecule has 0 aliphatic carbocycles. The number of H-pyrrole nitrogens is 1. The smallest absolute Gasteiger partial charge is 0.358 e. The first-order valence-corrected chi connectivity index (χ1v) is 6.91. The van der Waals surface area contributed by atoms with Crippen molar-refractivity contribution in [2.45, 2.75) is 19.5 Å². The number of fused-ring (bicyclic) bond motifs is 1. The molecule has 6 nitrogen and oxygen atoms in total. The van der Waals surface area contributed by atoms with E-state index in [1.807, 2.05) is 11.6 Å². The van der Waals surface area contributed by atoms with E-state index in [4.69, 9.17) is 4.74 Å². The van der Waals surface area contributed by atoms with Crippen LogP contribution >= 0.6 is 11.3 Å². The fourth-order valence-electron chi connectivity index (χ4n) is 2.27. The highest BCUT2D eigenvalue weighted by Crippen LogP contribution is 2.22. The minimum atomic E-state index is -0.381. The topological polar surface area (TPSA) is 71.1 Å². The van der Waals surface area contributed by atoms with Crippen molar-refractivity contribution in [3.05, 3.63) is 33.5 Å². The second-order valence-electron chi connectivity index (χ2n) is 4.41. The van der Waals surface area contributed by atoms with Crippen LogP contribution < -0.4 is 0 Å². The highest BCUT2D eigenvalue weighted by Gasteiger charge is 2.26. The fraction of sp³-hybridized carbons (Fsp3) is 0.417. The number of carbonyl (C=O) groups is 1. The van der Waals surface area contributed by atoms with E-state index in [9.17, 15) is 4.79 Å². The quantitative estimate of drug-likeness (QED) is 0.855. The number of ether oxygens (including phenoxy) is 1. The molecule has 1 aliphatic heterocycles. The molecule has 1 aliphatic rings.